The molecule has 0 atom stereocenters. The molecule has 9 heteroatoms. The molecule has 9 heterocycles. The summed E-state index contributed by atoms with van der Waals surface area (Å²) >= 11 is 0. The minimum atomic E-state index is -0.182. The lowest BCUT2D eigenvalue weighted by Crippen LogP contribution is -2.15. The molecule has 0 saturated carbocycles. The highest BCUT2D eigenvalue weighted by Gasteiger charge is 2.37. The molecule has 0 amide bonds. The molecule has 1 aliphatic carbocycles. The van der Waals surface area contributed by atoms with Crippen molar-refractivity contribution in [2.75, 3.05) is 0 Å². The molecular weight excluding hydrogens is 1750 g/mol. The minimum Gasteiger partial charge on any atom is -0.456 e. The van der Waals surface area contributed by atoms with Crippen molar-refractivity contribution in [2.24, 2.45) is 0 Å². The van der Waals surface area contributed by atoms with E-state index in [9.17, 15) is 0 Å². The van der Waals surface area contributed by atoms with Crippen molar-refractivity contribution < 1.29 is 13.3 Å². The van der Waals surface area contributed by atoms with Crippen molar-refractivity contribution in [1.29, 1.82) is 0 Å². The van der Waals surface area contributed by atoms with E-state index in [0.29, 0.717) is 0 Å². The predicted octanol–water partition coefficient (Wildman–Crippen LogP) is 36.6. The van der Waals surface area contributed by atoms with Gasteiger partial charge in [0.15, 0.2) is 0 Å². The van der Waals surface area contributed by atoms with E-state index in [-0.39, 0.29) is 5.41 Å². The quantitative estimate of drug-likeness (QED) is 0.145. The van der Waals surface area contributed by atoms with Crippen molar-refractivity contribution in [3.63, 3.8) is 0 Å². The maximum Gasteiger partial charge on any atom is 0.143 e. The van der Waals surface area contributed by atoms with Crippen molar-refractivity contribution in [3.05, 3.63) is 496 Å². The number of furan rings is 3. The fourth-order valence-electron chi connectivity index (χ4n) is 24.2. The zero-order chi connectivity index (χ0) is 94.7. The molecule has 32 rings (SSSR count). The Morgan fingerprint density at radius 1 is 0.146 bits per heavy atom. The second kappa shape index (κ2) is 31.5. The molecule has 674 valence electrons. The van der Waals surface area contributed by atoms with E-state index < -0.39 is 0 Å². The molecule has 0 N–H and O–H groups in total. The van der Waals surface area contributed by atoms with Crippen LogP contribution in [0.25, 0.3) is 275 Å². The molecule has 0 radical (unpaired) electrons. The first-order valence-corrected chi connectivity index (χ1v) is 49.5. The molecule has 9 aromatic heterocycles. The summed E-state index contributed by atoms with van der Waals surface area (Å²) in [6.45, 7) is 4.76. The second-order valence-corrected chi connectivity index (χ2v) is 38.9. The highest BCUT2D eigenvalue weighted by atomic mass is 16.3. The molecule has 144 heavy (non-hydrogen) atoms. The maximum absolute atomic E-state index is 6.43. The Hall–Kier alpha value is -19.0. The van der Waals surface area contributed by atoms with Crippen LogP contribution in [0, 0.1) is 0 Å². The number of rotatable bonds is 9. The van der Waals surface area contributed by atoms with E-state index >= 15 is 0 Å². The minimum absolute atomic E-state index is 0.182. The van der Waals surface area contributed by atoms with Gasteiger partial charge in [0, 0.05) is 142 Å². The Bertz CT molecular complexity index is 10800. The van der Waals surface area contributed by atoms with Gasteiger partial charge in [-0.3, -0.25) is 0 Å². The highest BCUT2D eigenvalue weighted by molar-refractivity contribution is 6.24. The van der Waals surface area contributed by atoms with E-state index in [0.717, 1.165) is 88.3 Å². The van der Waals surface area contributed by atoms with Gasteiger partial charge in [0.1, 0.15) is 33.5 Å². The van der Waals surface area contributed by atoms with E-state index in [1.165, 1.54) is 198 Å². The van der Waals surface area contributed by atoms with Crippen LogP contribution < -0.4 is 0 Å². The number of fused-ring (bicyclic) bond motifs is 30. The molecule has 0 saturated heterocycles. The third-order valence-corrected chi connectivity index (χ3v) is 30.7. The molecule has 22 aromatic carbocycles. The summed E-state index contributed by atoms with van der Waals surface area (Å²) in [6, 6.07) is 175. The van der Waals surface area contributed by atoms with Crippen LogP contribution in [0.5, 0.6) is 0 Å². The lowest BCUT2D eigenvalue weighted by atomic mass is 9.81. The number of para-hydroxylation sites is 13. The van der Waals surface area contributed by atoms with Gasteiger partial charge in [-0.25, -0.2) is 0 Å². The van der Waals surface area contributed by atoms with Crippen molar-refractivity contribution in [1.82, 2.24) is 27.4 Å². The van der Waals surface area contributed by atoms with Gasteiger partial charge in [0.05, 0.1) is 66.2 Å². The molecule has 0 fully saturated rings. The molecule has 0 unspecified atom stereocenters. The van der Waals surface area contributed by atoms with Crippen LogP contribution in [-0.2, 0) is 5.41 Å². The largest absolute Gasteiger partial charge is 0.456 e. The van der Waals surface area contributed by atoms with Crippen molar-refractivity contribution in [3.8, 4) is 78.6 Å². The van der Waals surface area contributed by atoms with Crippen molar-refractivity contribution >= 4 is 197 Å². The standard InChI is InChI=1S/C51H34N2O.2C42H26N2O/c1-51(2)43-27-32(31-21-25-50-42(26-31)39-16-8-11-19-49(39)54-50)20-23-35(43)36-24-22-34(28-44(36)51)53-46-18-10-7-15-38(46)41-29-47-40(30-48(41)53)37-14-6-9-17-45(37)52(47)33-12-4-3-5-13-33;1-2-13-28(14-3-1)43-37-21-7-4-16-31(37)35-26-40-36(25-39(35)43)32-17-5-8-22-38(32)44(40)29-15-10-12-27(24-29)30-19-11-20-34-33-18-6-9-23-41(33)45-42(30)34;1-2-12-29(13-3-1)43-37-18-7-4-15-31(37)34-26-40-35(25-39(34)43)32-16-5-8-19-38(32)44(40)30-14-10-11-27(23-30)28-21-22-42-36(24-28)33-17-6-9-20-41(33)45-42/h3-30H,1-2H3;2*1-26H. The Labute approximate surface area is 825 Å². The van der Waals surface area contributed by atoms with Crippen molar-refractivity contribution in [2.45, 2.75) is 19.3 Å². The third kappa shape index (κ3) is 12.3. The number of hydrogen-bond donors (Lipinski definition) is 0. The van der Waals surface area contributed by atoms with E-state index in [2.05, 4.69) is 490 Å². The van der Waals surface area contributed by atoms with Gasteiger partial charge in [-0.15, -0.1) is 0 Å². The van der Waals surface area contributed by atoms with Crippen LogP contribution in [0.2, 0.25) is 0 Å². The fraction of sp³-hybridized carbons (Fsp3) is 0.0222. The number of benzene rings is 22. The molecule has 0 bridgehead atoms. The Balaban J connectivity index is 0.000000101. The van der Waals surface area contributed by atoms with E-state index in [4.69, 9.17) is 13.3 Å². The van der Waals surface area contributed by atoms with Gasteiger partial charge in [-0.05, 0) is 244 Å². The Morgan fingerprint density at radius 3 is 0.806 bits per heavy atom. The Kier molecular flexibility index (Phi) is 17.8. The zero-order valence-corrected chi connectivity index (χ0v) is 78.6. The van der Waals surface area contributed by atoms with E-state index in [1.54, 1.807) is 0 Å². The van der Waals surface area contributed by atoms with Gasteiger partial charge >= 0.3 is 0 Å². The lowest BCUT2D eigenvalue weighted by molar-refractivity contribution is 0.660. The molecule has 0 spiro atoms. The lowest BCUT2D eigenvalue weighted by Gasteiger charge is -2.23. The summed E-state index contributed by atoms with van der Waals surface area (Å²) in [5.74, 6) is 0. The van der Waals surface area contributed by atoms with Crippen LogP contribution in [0.1, 0.15) is 25.0 Å². The van der Waals surface area contributed by atoms with Crippen LogP contribution >= 0.6 is 0 Å². The molecule has 0 aliphatic heterocycles. The van der Waals surface area contributed by atoms with Gasteiger partial charge in [-0.1, -0.05) is 305 Å². The summed E-state index contributed by atoms with van der Waals surface area (Å²) in [5, 5.41) is 21.9. The van der Waals surface area contributed by atoms with Gasteiger partial charge < -0.3 is 40.7 Å². The first kappa shape index (κ1) is 81.1. The number of hydrogen-bond acceptors (Lipinski definition) is 3. The number of nitrogens with zero attached hydrogens (tertiary/aromatic N) is 6. The normalized spacial score (nSPS) is 12.6. The first-order chi connectivity index (χ1) is 71.2. The predicted molar refractivity (Wildman–Crippen MR) is 601 cm³/mol. The smallest absolute Gasteiger partial charge is 0.143 e. The van der Waals surface area contributed by atoms with Gasteiger partial charge in [-0.2, -0.15) is 0 Å². The maximum atomic E-state index is 6.43. The summed E-state index contributed by atoms with van der Waals surface area (Å²) in [5.41, 5.74) is 39.2. The summed E-state index contributed by atoms with van der Waals surface area (Å²) < 4.78 is 33.2. The Morgan fingerprint density at radius 2 is 0.410 bits per heavy atom. The fourth-order valence-corrected chi connectivity index (χ4v) is 24.2. The van der Waals surface area contributed by atoms with Crippen LogP contribution in [0.15, 0.2) is 499 Å². The van der Waals surface area contributed by atoms with E-state index in [1.807, 2.05) is 36.4 Å². The van der Waals surface area contributed by atoms with Crippen LogP contribution in [0.4, 0.5) is 0 Å². The topological polar surface area (TPSA) is 69.0 Å². The molecular formula is C135H86N6O3. The van der Waals surface area contributed by atoms with Crippen LogP contribution in [0.3, 0.4) is 0 Å². The average molecular weight is 1840 g/mol. The second-order valence-electron chi connectivity index (χ2n) is 38.9. The summed E-state index contributed by atoms with van der Waals surface area (Å²) in [7, 11) is 0. The molecule has 1 aliphatic rings. The van der Waals surface area contributed by atoms with Gasteiger partial charge in [0.2, 0.25) is 0 Å². The monoisotopic (exact) mass is 1840 g/mol. The molecule has 31 aromatic rings. The highest BCUT2D eigenvalue weighted by Crippen LogP contribution is 2.53. The third-order valence-electron chi connectivity index (χ3n) is 30.7. The average Bonchev–Trinajstić information content (AvgIpc) is 1.56. The SMILES string of the molecule is CC1(C)c2cc(-c3ccc4oc5ccccc5c4c3)ccc2-c2ccc(-n3c4ccccc4c4cc5c(cc43)c3ccccc3n5-c3ccccc3)cc21.c1ccc(-n2c3ccccc3c3cc4c(cc32)c2ccccc2n4-c2cccc(-c3ccc4oc5ccccc5c4c3)c2)cc1.c1ccc(-n2c3ccccc3c3cc4c(cc32)c2ccccc2n4-c2cccc(-c3cccc4c3oc3ccccc34)c2)cc1. The molecule has 9 nitrogen and oxygen atoms in total. The first-order valence-electron chi connectivity index (χ1n) is 49.5. The van der Waals surface area contributed by atoms with Gasteiger partial charge in [0.25, 0.3) is 0 Å². The summed E-state index contributed by atoms with van der Waals surface area (Å²) in [6.07, 6.45) is 0. The summed E-state index contributed by atoms with van der Waals surface area (Å²) in [4.78, 5) is 0. The van der Waals surface area contributed by atoms with Crippen LogP contribution in [-0.4, -0.2) is 27.4 Å². The zero-order valence-electron chi connectivity index (χ0n) is 78.6. The number of aromatic nitrogens is 6.